The quantitative estimate of drug-likeness (QED) is 0.541. The highest BCUT2D eigenvalue weighted by molar-refractivity contribution is 14.1. The lowest BCUT2D eigenvalue weighted by atomic mass is 9.85. The van der Waals surface area contributed by atoms with Crippen LogP contribution < -0.4 is 0 Å². The van der Waals surface area contributed by atoms with Crippen molar-refractivity contribution in [3.05, 3.63) is 35.6 Å². The first-order valence-electron chi connectivity index (χ1n) is 6.89. The molecule has 2 nitrogen and oxygen atoms in total. The summed E-state index contributed by atoms with van der Waals surface area (Å²) < 4.78 is 14.1. The third kappa shape index (κ3) is 2.39. The van der Waals surface area contributed by atoms with Crippen molar-refractivity contribution in [2.75, 3.05) is 0 Å². The van der Waals surface area contributed by atoms with Crippen LogP contribution in [0.25, 0.3) is 0 Å². The Morgan fingerprint density at radius 1 is 1.16 bits per heavy atom. The SMILES string of the molecule is O=C1C(I)CCC2CCCC(c3ccccc3F)N12. The summed E-state index contributed by atoms with van der Waals surface area (Å²) in [5.74, 6) is 0.0151. The zero-order chi connectivity index (χ0) is 13.4. The number of rotatable bonds is 1. The van der Waals surface area contributed by atoms with Gasteiger partial charge < -0.3 is 4.90 Å². The maximum Gasteiger partial charge on any atom is 0.236 e. The molecular formula is C15H17FINO. The van der Waals surface area contributed by atoms with Gasteiger partial charge in [-0.25, -0.2) is 4.39 Å². The molecular weight excluding hydrogens is 356 g/mol. The second kappa shape index (κ2) is 5.38. The van der Waals surface area contributed by atoms with Crippen LogP contribution in [0, 0.1) is 5.82 Å². The van der Waals surface area contributed by atoms with Crippen molar-refractivity contribution in [1.29, 1.82) is 0 Å². The van der Waals surface area contributed by atoms with Gasteiger partial charge in [-0.05, 0) is 38.2 Å². The number of amides is 1. The van der Waals surface area contributed by atoms with E-state index in [4.69, 9.17) is 0 Å². The molecule has 2 fully saturated rings. The van der Waals surface area contributed by atoms with Crippen LogP contribution >= 0.6 is 22.6 Å². The van der Waals surface area contributed by atoms with E-state index < -0.39 is 0 Å². The minimum Gasteiger partial charge on any atom is -0.332 e. The molecule has 0 spiro atoms. The Morgan fingerprint density at radius 3 is 2.74 bits per heavy atom. The minimum atomic E-state index is -0.184. The lowest BCUT2D eigenvalue weighted by Crippen LogP contribution is -2.52. The summed E-state index contributed by atoms with van der Waals surface area (Å²) in [4.78, 5) is 14.4. The Balaban J connectivity index is 1.96. The molecule has 0 aromatic heterocycles. The Hall–Kier alpha value is -0.650. The lowest BCUT2D eigenvalue weighted by molar-refractivity contribution is -0.140. The van der Waals surface area contributed by atoms with Crippen LogP contribution in [0.1, 0.15) is 43.7 Å². The smallest absolute Gasteiger partial charge is 0.236 e. The van der Waals surface area contributed by atoms with Gasteiger partial charge in [0.1, 0.15) is 5.82 Å². The van der Waals surface area contributed by atoms with Crippen LogP contribution in [0.15, 0.2) is 24.3 Å². The Morgan fingerprint density at radius 2 is 1.95 bits per heavy atom. The molecule has 2 aliphatic heterocycles. The van der Waals surface area contributed by atoms with E-state index in [0.717, 1.165) is 32.1 Å². The fourth-order valence-corrected chi connectivity index (χ4v) is 4.05. The third-order valence-electron chi connectivity index (χ3n) is 4.28. The summed E-state index contributed by atoms with van der Waals surface area (Å²) in [7, 11) is 0. The number of halogens is 2. The summed E-state index contributed by atoms with van der Waals surface area (Å²) in [6.07, 6.45) is 5.06. The van der Waals surface area contributed by atoms with Gasteiger partial charge in [0.05, 0.1) is 9.97 Å². The average molecular weight is 373 g/mol. The number of piperidine rings is 2. The molecule has 0 bridgehead atoms. The molecule has 19 heavy (non-hydrogen) atoms. The number of hydrogen-bond donors (Lipinski definition) is 0. The van der Waals surface area contributed by atoms with Crippen molar-refractivity contribution in [3.63, 3.8) is 0 Å². The number of carbonyl (C=O) groups is 1. The normalized spacial score (nSPS) is 31.2. The number of alkyl halides is 1. The van der Waals surface area contributed by atoms with E-state index in [-0.39, 0.29) is 21.7 Å². The maximum absolute atomic E-state index is 14.0. The second-order valence-electron chi connectivity index (χ2n) is 5.41. The van der Waals surface area contributed by atoms with E-state index in [1.165, 1.54) is 6.07 Å². The molecule has 4 heteroatoms. The van der Waals surface area contributed by atoms with Crippen LogP contribution in [0.5, 0.6) is 0 Å². The molecule has 2 heterocycles. The Labute approximate surface area is 126 Å². The first-order chi connectivity index (χ1) is 9.18. The largest absolute Gasteiger partial charge is 0.332 e. The molecule has 2 saturated heterocycles. The highest BCUT2D eigenvalue weighted by Crippen LogP contribution is 2.41. The van der Waals surface area contributed by atoms with E-state index in [9.17, 15) is 9.18 Å². The van der Waals surface area contributed by atoms with Crippen molar-refractivity contribution in [1.82, 2.24) is 4.90 Å². The minimum absolute atomic E-state index is 0.0567. The maximum atomic E-state index is 14.0. The summed E-state index contributed by atoms with van der Waals surface area (Å²) in [6.45, 7) is 0. The van der Waals surface area contributed by atoms with Gasteiger partial charge >= 0.3 is 0 Å². The Kier molecular flexibility index (Phi) is 3.78. The van der Waals surface area contributed by atoms with Gasteiger partial charge in [0.2, 0.25) is 5.91 Å². The van der Waals surface area contributed by atoms with Crippen molar-refractivity contribution < 1.29 is 9.18 Å². The van der Waals surface area contributed by atoms with E-state index in [1.807, 2.05) is 17.0 Å². The fourth-order valence-electron chi connectivity index (χ4n) is 3.37. The van der Waals surface area contributed by atoms with Crippen LogP contribution in [-0.4, -0.2) is 20.8 Å². The molecule has 102 valence electrons. The van der Waals surface area contributed by atoms with E-state index in [1.54, 1.807) is 6.07 Å². The van der Waals surface area contributed by atoms with Crippen molar-refractivity contribution in [3.8, 4) is 0 Å². The first-order valence-corrected chi connectivity index (χ1v) is 8.13. The van der Waals surface area contributed by atoms with Crippen LogP contribution in [0.3, 0.4) is 0 Å². The zero-order valence-corrected chi connectivity index (χ0v) is 12.8. The van der Waals surface area contributed by atoms with E-state index >= 15 is 0 Å². The predicted octanol–water partition coefficient (Wildman–Crippen LogP) is 3.85. The van der Waals surface area contributed by atoms with Gasteiger partial charge in [0.15, 0.2) is 0 Å². The first kappa shape index (κ1) is 13.3. The fraction of sp³-hybridized carbons (Fsp3) is 0.533. The molecule has 3 unspecified atom stereocenters. The van der Waals surface area contributed by atoms with E-state index in [2.05, 4.69) is 22.6 Å². The zero-order valence-electron chi connectivity index (χ0n) is 10.7. The molecule has 0 aliphatic carbocycles. The van der Waals surface area contributed by atoms with Crippen molar-refractivity contribution >= 4 is 28.5 Å². The van der Waals surface area contributed by atoms with Crippen LogP contribution in [0.2, 0.25) is 0 Å². The summed E-state index contributed by atoms with van der Waals surface area (Å²) >= 11 is 2.22. The molecule has 2 aliphatic rings. The van der Waals surface area contributed by atoms with Gasteiger partial charge in [0.25, 0.3) is 0 Å². The summed E-state index contributed by atoms with van der Waals surface area (Å²) in [5, 5.41) is 0. The molecule has 3 rings (SSSR count). The predicted molar refractivity (Wildman–Crippen MR) is 80.7 cm³/mol. The van der Waals surface area contributed by atoms with Crippen LogP contribution in [0.4, 0.5) is 4.39 Å². The standard InChI is InChI=1S/C15H17FINO/c16-12-6-2-1-5-11(12)14-7-3-4-10-8-9-13(17)15(19)18(10)14/h1-2,5-6,10,13-14H,3-4,7-9H2. The van der Waals surface area contributed by atoms with Gasteiger partial charge in [-0.1, -0.05) is 40.8 Å². The van der Waals surface area contributed by atoms with E-state index in [0.29, 0.717) is 11.6 Å². The summed E-state index contributed by atoms with van der Waals surface area (Å²) in [6, 6.07) is 7.14. The highest BCUT2D eigenvalue weighted by Gasteiger charge is 2.41. The number of fused-ring (bicyclic) bond motifs is 1. The topological polar surface area (TPSA) is 20.3 Å². The molecule has 1 amide bonds. The van der Waals surface area contributed by atoms with Gasteiger partial charge in [-0.2, -0.15) is 0 Å². The third-order valence-corrected chi connectivity index (χ3v) is 5.44. The number of benzene rings is 1. The molecule has 0 radical (unpaired) electrons. The highest BCUT2D eigenvalue weighted by atomic mass is 127. The molecule has 0 saturated carbocycles. The summed E-state index contributed by atoms with van der Waals surface area (Å²) in [5.41, 5.74) is 0.686. The number of hydrogen-bond acceptors (Lipinski definition) is 1. The molecule has 1 aromatic carbocycles. The van der Waals surface area contributed by atoms with Gasteiger partial charge in [-0.15, -0.1) is 0 Å². The monoisotopic (exact) mass is 373 g/mol. The van der Waals surface area contributed by atoms with Crippen molar-refractivity contribution in [2.24, 2.45) is 0 Å². The number of carbonyl (C=O) groups excluding carboxylic acids is 1. The van der Waals surface area contributed by atoms with Crippen molar-refractivity contribution in [2.45, 2.75) is 48.1 Å². The van der Waals surface area contributed by atoms with Crippen LogP contribution in [-0.2, 0) is 4.79 Å². The second-order valence-corrected chi connectivity index (χ2v) is 6.92. The Bertz CT molecular complexity index is 493. The lowest BCUT2D eigenvalue weighted by Gasteiger charge is -2.46. The van der Waals surface area contributed by atoms with Gasteiger partial charge in [-0.3, -0.25) is 4.79 Å². The molecule has 0 N–H and O–H groups in total. The molecule has 3 atom stereocenters. The molecule has 1 aromatic rings. The average Bonchev–Trinajstić information content (AvgIpc) is 2.43. The van der Waals surface area contributed by atoms with Gasteiger partial charge in [0, 0.05) is 11.6 Å². The number of nitrogens with zero attached hydrogens (tertiary/aromatic N) is 1.